The highest BCUT2D eigenvalue weighted by Gasteiger charge is 2.57. The van der Waals surface area contributed by atoms with E-state index in [4.69, 9.17) is 23.2 Å². The normalized spacial score (nSPS) is 29.6. The molecule has 1 amide bonds. The SMILES string of the molecule is C[C@H]1NC(=O)[C@]2(C)CC[C@@H](c3ccc(-c4ncnn4C)cc3Cl)[C@H](c3ccc(Cl)cc3)[C@H]12. The van der Waals surface area contributed by atoms with E-state index in [0.29, 0.717) is 5.02 Å². The Kier molecular flexibility index (Phi) is 5.30. The third-order valence-corrected chi connectivity index (χ3v) is 8.15. The molecule has 0 radical (unpaired) electrons. The van der Waals surface area contributed by atoms with Crippen molar-refractivity contribution in [3.8, 4) is 11.4 Å². The molecular weight excluding hydrogens is 443 g/mol. The quantitative estimate of drug-likeness (QED) is 0.544. The number of aromatic nitrogens is 3. The number of fused-ring (bicyclic) bond motifs is 1. The Bertz CT molecular complexity index is 1170. The molecule has 1 aromatic heterocycles. The van der Waals surface area contributed by atoms with Crippen LogP contribution in [0.5, 0.6) is 0 Å². The summed E-state index contributed by atoms with van der Waals surface area (Å²) in [5.41, 5.74) is 2.87. The largest absolute Gasteiger partial charge is 0.353 e. The fourth-order valence-corrected chi connectivity index (χ4v) is 6.48. The summed E-state index contributed by atoms with van der Waals surface area (Å²) in [6, 6.07) is 14.3. The van der Waals surface area contributed by atoms with Gasteiger partial charge in [0.2, 0.25) is 5.91 Å². The third-order valence-electron chi connectivity index (χ3n) is 7.57. The van der Waals surface area contributed by atoms with E-state index in [2.05, 4.69) is 53.5 Å². The summed E-state index contributed by atoms with van der Waals surface area (Å²) in [6.45, 7) is 4.24. The summed E-state index contributed by atoms with van der Waals surface area (Å²) in [7, 11) is 1.87. The summed E-state index contributed by atoms with van der Waals surface area (Å²) in [5.74, 6) is 1.47. The van der Waals surface area contributed by atoms with Gasteiger partial charge in [-0.1, -0.05) is 54.4 Å². The van der Waals surface area contributed by atoms with Gasteiger partial charge in [0.1, 0.15) is 6.33 Å². The Morgan fingerprint density at radius 3 is 2.56 bits per heavy atom. The van der Waals surface area contributed by atoms with Crippen molar-refractivity contribution in [2.75, 3.05) is 0 Å². The van der Waals surface area contributed by atoms with Crippen LogP contribution in [0.25, 0.3) is 11.4 Å². The molecule has 1 saturated carbocycles. The van der Waals surface area contributed by atoms with Crippen LogP contribution in [0.1, 0.15) is 49.7 Å². The molecule has 1 aliphatic carbocycles. The topological polar surface area (TPSA) is 59.8 Å². The maximum Gasteiger partial charge on any atom is 0.226 e. The predicted molar refractivity (Wildman–Crippen MR) is 127 cm³/mol. The minimum absolute atomic E-state index is 0.0904. The van der Waals surface area contributed by atoms with Gasteiger partial charge in [-0.15, -0.1) is 0 Å². The summed E-state index contributed by atoms with van der Waals surface area (Å²) >= 11 is 13.1. The molecule has 2 aromatic carbocycles. The Morgan fingerprint density at radius 1 is 1.16 bits per heavy atom. The van der Waals surface area contributed by atoms with Crippen molar-refractivity contribution in [3.63, 3.8) is 0 Å². The van der Waals surface area contributed by atoms with Gasteiger partial charge in [0.15, 0.2) is 5.82 Å². The smallest absolute Gasteiger partial charge is 0.226 e. The van der Waals surface area contributed by atoms with Crippen LogP contribution in [0.3, 0.4) is 0 Å². The third kappa shape index (κ3) is 3.34. The Hall–Kier alpha value is -2.37. The second kappa shape index (κ2) is 7.89. The molecular formula is C25H26Cl2N4O. The van der Waals surface area contributed by atoms with Crippen molar-refractivity contribution in [2.45, 2.75) is 44.6 Å². The fraction of sp³-hybridized carbons (Fsp3) is 0.400. The molecule has 2 aliphatic rings. The molecule has 0 unspecified atom stereocenters. The van der Waals surface area contributed by atoms with Crippen LogP contribution in [0.4, 0.5) is 0 Å². The lowest BCUT2D eigenvalue weighted by molar-refractivity contribution is -0.129. The number of carbonyl (C=O) groups excluding carboxylic acids is 1. The molecule has 7 heteroatoms. The summed E-state index contributed by atoms with van der Waals surface area (Å²) in [6.07, 6.45) is 3.27. The highest BCUT2D eigenvalue weighted by molar-refractivity contribution is 6.31. The van der Waals surface area contributed by atoms with E-state index in [9.17, 15) is 4.79 Å². The molecule has 32 heavy (non-hydrogen) atoms. The minimum atomic E-state index is -0.384. The zero-order valence-electron chi connectivity index (χ0n) is 18.3. The monoisotopic (exact) mass is 468 g/mol. The lowest BCUT2D eigenvalue weighted by atomic mass is 9.56. The number of halogens is 2. The molecule has 3 aromatic rings. The standard InChI is InChI=1S/C25H26Cl2N4O/c1-14-22-21(15-4-7-17(26)8-5-15)19(10-11-25(22,2)24(32)30-14)18-9-6-16(12-20(18)27)23-28-13-29-31(23)3/h4-9,12-14,19,21-22H,10-11H2,1-3H3,(H,30,32)/t14-,19+,21+,22+,25-/m1/s1. The molecule has 2 heterocycles. The van der Waals surface area contributed by atoms with Gasteiger partial charge in [-0.05, 0) is 60.9 Å². The van der Waals surface area contributed by atoms with Crippen molar-refractivity contribution in [2.24, 2.45) is 18.4 Å². The first-order chi connectivity index (χ1) is 15.3. The minimum Gasteiger partial charge on any atom is -0.353 e. The zero-order valence-corrected chi connectivity index (χ0v) is 19.9. The van der Waals surface area contributed by atoms with Crippen LogP contribution in [0, 0.1) is 11.3 Å². The van der Waals surface area contributed by atoms with E-state index in [0.717, 1.165) is 34.8 Å². The number of amides is 1. The van der Waals surface area contributed by atoms with Gasteiger partial charge in [0, 0.05) is 34.6 Å². The molecule has 0 spiro atoms. The zero-order chi connectivity index (χ0) is 22.6. The van der Waals surface area contributed by atoms with Crippen molar-refractivity contribution in [3.05, 3.63) is 70.0 Å². The molecule has 0 bridgehead atoms. The van der Waals surface area contributed by atoms with Crippen LogP contribution < -0.4 is 5.32 Å². The van der Waals surface area contributed by atoms with Gasteiger partial charge in [-0.2, -0.15) is 5.10 Å². The van der Waals surface area contributed by atoms with Gasteiger partial charge >= 0.3 is 0 Å². The highest BCUT2D eigenvalue weighted by Crippen LogP contribution is 2.59. The van der Waals surface area contributed by atoms with Crippen LogP contribution in [-0.4, -0.2) is 26.7 Å². The van der Waals surface area contributed by atoms with E-state index < -0.39 is 0 Å². The van der Waals surface area contributed by atoms with Crippen LogP contribution in [-0.2, 0) is 11.8 Å². The number of hydrogen-bond donors (Lipinski definition) is 1. The Labute approximate surface area is 198 Å². The average Bonchev–Trinajstić information content (AvgIpc) is 3.29. The summed E-state index contributed by atoms with van der Waals surface area (Å²) in [5, 5.41) is 8.82. The van der Waals surface area contributed by atoms with Gasteiger partial charge in [-0.25, -0.2) is 9.67 Å². The maximum atomic E-state index is 12.9. The number of aryl methyl sites for hydroxylation is 1. The Balaban J connectivity index is 1.60. The lowest BCUT2D eigenvalue weighted by Crippen LogP contribution is -2.42. The number of nitrogens with zero attached hydrogens (tertiary/aromatic N) is 3. The summed E-state index contributed by atoms with van der Waals surface area (Å²) < 4.78 is 1.74. The molecule has 5 nitrogen and oxygen atoms in total. The first kappa shape index (κ1) is 21.5. The Morgan fingerprint density at radius 2 is 1.91 bits per heavy atom. The van der Waals surface area contributed by atoms with E-state index in [1.165, 1.54) is 5.56 Å². The van der Waals surface area contributed by atoms with Gasteiger partial charge in [0.05, 0.1) is 5.41 Å². The van der Waals surface area contributed by atoms with Gasteiger partial charge < -0.3 is 5.32 Å². The maximum absolute atomic E-state index is 12.9. The number of nitrogens with one attached hydrogen (secondary N) is 1. The van der Waals surface area contributed by atoms with Crippen LogP contribution in [0.2, 0.25) is 10.0 Å². The predicted octanol–water partition coefficient (Wildman–Crippen LogP) is 5.59. The van der Waals surface area contributed by atoms with Crippen molar-refractivity contribution >= 4 is 29.1 Å². The number of hydrogen-bond acceptors (Lipinski definition) is 3. The number of carbonyl (C=O) groups is 1. The van der Waals surface area contributed by atoms with E-state index in [-0.39, 0.29) is 35.1 Å². The molecule has 1 N–H and O–H groups in total. The molecule has 1 saturated heterocycles. The second-order valence-corrected chi connectivity index (χ2v) is 10.2. The fourth-order valence-electron chi connectivity index (χ4n) is 6.04. The second-order valence-electron chi connectivity index (χ2n) is 9.37. The molecule has 2 fully saturated rings. The number of rotatable bonds is 3. The van der Waals surface area contributed by atoms with E-state index in [1.54, 1.807) is 11.0 Å². The van der Waals surface area contributed by atoms with Gasteiger partial charge in [0.25, 0.3) is 0 Å². The number of benzene rings is 2. The summed E-state index contributed by atoms with van der Waals surface area (Å²) in [4.78, 5) is 17.3. The van der Waals surface area contributed by atoms with Crippen molar-refractivity contribution in [1.82, 2.24) is 20.1 Å². The van der Waals surface area contributed by atoms with Gasteiger partial charge in [-0.3, -0.25) is 4.79 Å². The van der Waals surface area contributed by atoms with Crippen molar-refractivity contribution < 1.29 is 4.79 Å². The van der Waals surface area contributed by atoms with E-state index in [1.807, 2.05) is 25.2 Å². The van der Waals surface area contributed by atoms with Crippen molar-refractivity contribution in [1.29, 1.82) is 0 Å². The highest BCUT2D eigenvalue weighted by atomic mass is 35.5. The molecule has 5 rings (SSSR count). The van der Waals surface area contributed by atoms with Crippen LogP contribution >= 0.6 is 23.2 Å². The van der Waals surface area contributed by atoms with Crippen LogP contribution in [0.15, 0.2) is 48.8 Å². The first-order valence-electron chi connectivity index (χ1n) is 11.0. The van der Waals surface area contributed by atoms with E-state index >= 15 is 0 Å². The molecule has 5 atom stereocenters. The first-order valence-corrected chi connectivity index (χ1v) is 11.8. The molecule has 1 aliphatic heterocycles. The molecule has 166 valence electrons. The lowest BCUT2D eigenvalue weighted by Gasteiger charge is -2.46. The average molecular weight is 469 g/mol.